The molecule has 1 saturated heterocycles. The lowest BCUT2D eigenvalue weighted by molar-refractivity contribution is -0.114. The molecule has 4 atom stereocenters. The first-order chi connectivity index (χ1) is 9.00. The van der Waals surface area contributed by atoms with Crippen LogP contribution in [0, 0.1) is 12.8 Å². The van der Waals surface area contributed by atoms with Gasteiger partial charge in [0.25, 0.3) is 0 Å². The van der Waals surface area contributed by atoms with Gasteiger partial charge in [-0.05, 0) is 19.8 Å². The van der Waals surface area contributed by atoms with Crippen molar-refractivity contribution in [3.8, 4) is 0 Å². The van der Waals surface area contributed by atoms with Gasteiger partial charge in [0.1, 0.15) is 4.90 Å². The van der Waals surface area contributed by atoms with Crippen molar-refractivity contribution in [3.05, 3.63) is 11.9 Å². The van der Waals surface area contributed by atoms with Crippen molar-refractivity contribution in [2.45, 2.75) is 42.8 Å². The lowest BCUT2D eigenvalue weighted by Gasteiger charge is -2.52. The van der Waals surface area contributed by atoms with Gasteiger partial charge in [-0.15, -0.1) is 0 Å². The Morgan fingerprint density at radius 2 is 2.37 bits per heavy atom. The highest BCUT2D eigenvalue weighted by Crippen LogP contribution is 2.37. The van der Waals surface area contributed by atoms with Crippen LogP contribution in [0.5, 0.6) is 0 Å². The molecule has 19 heavy (non-hydrogen) atoms. The fourth-order valence-corrected chi connectivity index (χ4v) is 4.36. The van der Waals surface area contributed by atoms with Gasteiger partial charge >= 0.3 is 0 Å². The predicted octanol–water partition coefficient (Wildman–Crippen LogP) is -0.499. The Labute approximate surface area is 112 Å². The third-order valence-corrected chi connectivity index (χ3v) is 5.61. The molecule has 7 nitrogen and oxygen atoms in total. The molecule has 106 valence electrons. The third kappa shape index (κ3) is 2.08. The first kappa shape index (κ1) is 13.0. The molecule has 1 aliphatic heterocycles. The number of ether oxygens (including phenoxy) is 1. The Balaban J connectivity index is 1.77. The second-order valence-electron chi connectivity index (χ2n) is 5.23. The second-order valence-corrected chi connectivity index (χ2v) is 6.91. The molecule has 2 fully saturated rings. The predicted molar refractivity (Wildman–Crippen MR) is 67.9 cm³/mol. The van der Waals surface area contributed by atoms with E-state index in [4.69, 9.17) is 10.5 Å². The average Bonchev–Trinajstić information content (AvgIpc) is 2.83. The number of nitrogens with one attached hydrogen (secondary N) is 2. The molecular weight excluding hydrogens is 268 g/mol. The monoisotopic (exact) mass is 286 g/mol. The molecule has 1 aromatic heterocycles. The van der Waals surface area contributed by atoms with Gasteiger partial charge in [-0.25, -0.2) is 13.1 Å². The van der Waals surface area contributed by atoms with Crippen molar-refractivity contribution in [2.75, 3.05) is 6.61 Å². The Kier molecular flexibility index (Phi) is 3.12. The van der Waals surface area contributed by atoms with Crippen molar-refractivity contribution in [3.63, 3.8) is 0 Å². The molecular formula is C11H18N4O3S. The number of rotatable bonds is 3. The first-order valence-corrected chi connectivity index (χ1v) is 7.88. The third-order valence-electron chi connectivity index (χ3n) is 4.04. The number of aryl methyl sites for hydroxylation is 1. The van der Waals surface area contributed by atoms with Gasteiger partial charge < -0.3 is 10.5 Å². The zero-order valence-corrected chi connectivity index (χ0v) is 11.5. The van der Waals surface area contributed by atoms with Gasteiger partial charge in [-0.1, -0.05) is 0 Å². The van der Waals surface area contributed by atoms with Crippen molar-refractivity contribution in [1.82, 2.24) is 14.9 Å². The highest BCUT2D eigenvalue weighted by Gasteiger charge is 2.52. The molecule has 8 heteroatoms. The Morgan fingerprint density at radius 1 is 1.58 bits per heavy atom. The van der Waals surface area contributed by atoms with Crippen LogP contribution < -0.4 is 10.5 Å². The van der Waals surface area contributed by atoms with Crippen LogP contribution in [0.25, 0.3) is 0 Å². The normalized spacial score (nSPS) is 34.6. The molecule has 1 saturated carbocycles. The largest absolute Gasteiger partial charge is 0.376 e. The summed E-state index contributed by atoms with van der Waals surface area (Å²) in [6, 6.07) is -0.517. The number of H-pyrrole nitrogens is 1. The molecule has 2 heterocycles. The number of nitrogens with two attached hydrogens (primary N) is 1. The standard InChI is InChI=1S/C11H18N4O3S/c1-6-8(5-13-14-6)19(16,17)15-10-9(12)7-3-2-4-18-11(7)10/h5,7,9-11,15H,2-4,12H2,1H3,(H,13,14). The molecule has 4 unspecified atom stereocenters. The van der Waals surface area contributed by atoms with Gasteiger partial charge in [-0.3, -0.25) is 5.10 Å². The van der Waals surface area contributed by atoms with Crippen LogP contribution in [0.15, 0.2) is 11.1 Å². The van der Waals surface area contributed by atoms with Crippen LogP contribution in [-0.2, 0) is 14.8 Å². The quantitative estimate of drug-likeness (QED) is 0.694. The number of aromatic amines is 1. The summed E-state index contributed by atoms with van der Waals surface area (Å²) in [7, 11) is -3.59. The summed E-state index contributed by atoms with van der Waals surface area (Å²) >= 11 is 0. The fourth-order valence-electron chi connectivity index (χ4n) is 2.95. The van der Waals surface area contributed by atoms with Crippen LogP contribution in [0.3, 0.4) is 0 Å². The number of nitrogens with zero attached hydrogens (tertiary/aromatic N) is 1. The molecule has 3 rings (SSSR count). The van der Waals surface area contributed by atoms with Crippen molar-refractivity contribution >= 4 is 10.0 Å². The van der Waals surface area contributed by atoms with E-state index in [1.807, 2.05) is 0 Å². The number of aromatic nitrogens is 2. The summed E-state index contributed by atoms with van der Waals surface area (Å²) in [5.41, 5.74) is 6.56. The van der Waals surface area contributed by atoms with Crippen molar-refractivity contribution < 1.29 is 13.2 Å². The number of sulfonamides is 1. The van der Waals surface area contributed by atoms with E-state index in [0.29, 0.717) is 12.3 Å². The fraction of sp³-hybridized carbons (Fsp3) is 0.727. The van der Waals surface area contributed by atoms with Crippen molar-refractivity contribution in [1.29, 1.82) is 0 Å². The maximum atomic E-state index is 12.3. The minimum absolute atomic E-state index is 0.0919. The SMILES string of the molecule is Cc1[nH]ncc1S(=O)(=O)NC1C(N)C2CCCOC21. The average molecular weight is 286 g/mol. The number of hydrogen-bond acceptors (Lipinski definition) is 5. The highest BCUT2D eigenvalue weighted by atomic mass is 32.2. The van der Waals surface area contributed by atoms with E-state index in [-0.39, 0.29) is 29.0 Å². The second kappa shape index (κ2) is 4.55. The maximum Gasteiger partial charge on any atom is 0.244 e. The van der Waals surface area contributed by atoms with Gasteiger partial charge in [0.2, 0.25) is 10.0 Å². The zero-order valence-electron chi connectivity index (χ0n) is 10.7. The summed E-state index contributed by atoms with van der Waals surface area (Å²) < 4.78 is 32.8. The van der Waals surface area contributed by atoms with Gasteiger partial charge in [0.15, 0.2) is 0 Å². The lowest BCUT2D eigenvalue weighted by atomic mass is 9.69. The molecule has 4 N–H and O–H groups in total. The van der Waals surface area contributed by atoms with E-state index in [1.165, 1.54) is 6.20 Å². The summed E-state index contributed by atoms with van der Waals surface area (Å²) in [5, 5.41) is 6.35. The van der Waals surface area contributed by atoms with E-state index >= 15 is 0 Å². The van der Waals surface area contributed by atoms with Crippen LogP contribution in [-0.4, -0.2) is 43.4 Å². The van der Waals surface area contributed by atoms with Gasteiger partial charge in [0.05, 0.1) is 24.0 Å². The summed E-state index contributed by atoms with van der Waals surface area (Å²) in [6.07, 6.45) is 3.22. The minimum Gasteiger partial charge on any atom is -0.376 e. The Morgan fingerprint density at radius 3 is 3.05 bits per heavy atom. The van der Waals surface area contributed by atoms with Crippen LogP contribution in [0.1, 0.15) is 18.5 Å². The summed E-state index contributed by atoms with van der Waals surface area (Å²) in [6.45, 7) is 2.35. The molecule has 0 radical (unpaired) electrons. The Bertz CT molecular complexity index is 570. The maximum absolute atomic E-state index is 12.3. The number of fused-ring (bicyclic) bond motifs is 1. The zero-order chi connectivity index (χ0) is 13.6. The van der Waals surface area contributed by atoms with E-state index in [2.05, 4.69) is 14.9 Å². The van der Waals surface area contributed by atoms with E-state index in [1.54, 1.807) is 6.92 Å². The topological polar surface area (TPSA) is 110 Å². The molecule has 2 aliphatic rings. The molecule has 1 aromatic rings. The molecule has 0 aromatic carbocycles. The highest BCUT2D eigenvalue weighted by molar-refractivity contribution is 7.89. The lowest BCUT2D eigenvalue weighted by Crippen LogP contribution is -2.71. The van der Waals surface area contributed by atoms with Crippen molar-refractivity contribution in [2.24, 2.45) is 11.7 Å². The van der Waals surface area contributed by atoms with Gasteiger partial charge in [-0.2, -0.15) is 5.10 Å². The Hall–Kier alpha value is -0.960. The first-order valence-electron chi connectivity index (χ1n) is 6.40. The summed E-state index contributed by atoms with van der Waals surface area (Å²) in [5.74, 6) is 0.270. The minimum atomic E-state index is -3.59. The summed E-state index contributed by atoms with van der Waals surface area (Å²) in [4.78, 5) is 0.166. The molecule has 0 amide bonds. The van der Waals surface area contributed by atoms with E-state index < -0.39 is 10.0 Å². The van der Waals surface area contributed by atoms with E-state index in [0.717, 1.165) is 12.8 Å². The van der Waals surface area contributed by atoms with E-state index in [9.17, 15) is 8.42 Å². The smallest absolute Gasteiger partial charge is 0.244 e. The van der Waals surface area contributed by atoms with Gasteiger partial charge in [0, 0.05) is 18.6 Å². The van der Waals surface area contributed by atoms with Crippen LogP contribution in [0.2, 0.25) is 0 Å². The molecule has 1 aliphatic carbocycles. The number of hydrogen-bond donors (Lipinski definition) is 3. The van der Waals surface area contributed by atoms with Crippen LogP contribution in [0.4, 0.5) is 0 Å². The molecule has 0 bridgehead atoms. The molecule has 0 spiro atoms. The van der Waals surface area contributed by atoms with Crippen LogP contribution >= 0.6 is 0 Å².